The van der Waals surface area contributed by atoms with Gasteiger partial charge >= 0.3 is 0 Å². The second kappa shape index (κ2) is 5.36. The Morgan fingerprint density at radius 3 is 2.91 bits per heavy atom. The summed E-state index contributed by atoms with van der Waals surface area (Å²) in [5.41, 5.74) is 1.39. The van der Waals surface area contributed by atoms with E-state index >= 15 is 0 Å². The monoisotopic (exact) mass is 167 g/mol. The molecule has 0 atom stereocenters. The summed E-state index contributed by atoms with van der Waals surface area (Å²) in [5, 5.41) is 5.36. The van der Waals surface area contributed by atoms with E-state index < -0.39 is 0 Å². The molecule has 0 saturated heterocycles. The van der Waals surface area contributed by atoms with Crippen molar-refractivity contribution in [1.29, 1.82) is 0 Å². The summed E-state index contributed by atoms with van der Waals surface area (Å²) >= 11 is 1.68. The fourth-order valence-electron chi connectivity index (χ4n) is 1.14. The molecule has 0 saturated carbocycles. The highest BCUT2D eigenvalue weighted by molar-refractivity contribution is 7.07. The molecule has 1 radical (unpaired) electrons. The molecule has 0 unspecified atom stereocenters. The second-order valence-corrected chi connectivity index (χ2v) is 3.57. The van der Waals surface area contributed by atoms with Gasteiger partial charge < -0.3 is 0 Å². The molecule has 0 amide bonds. The van der Waals surface area contributed by atoms with Crippen LogP contribution in [-0.2, 0) is 6.42 Å². The number of thiophene rings is 1. The van der Waals surface area contributed by atoms with E-state index in [0.717, 1.165) is 0 Å². The molecule has 0 aliphatic heterocycles. The second-order valence-electron chi connectivity index (χ2n) is 2.86. The van der Waals surface area contributed by atoms with Crippen molar-refractivity contribution in [3.63, 3.8) is 0 Å². The summed E-state index contributed by atoms with van der Waals surface area (Å²) in [4.78, 5) is 0. The molecule has 1 rings (SSSR count). The summed E-state index contributed by atoms with van der Waals surface area (Å²) < 4.78 is 0. The van der Waals surface area contributed by atoms with E-state index in [1.807, 2.05) is 0 Å². The molecule has 0 nitrogen and oxygen atoms in total. The molecule has 0 aromatic carbocycles. The van der Waals surface area contributed by atoms with Gasteiger partial charge in [-0.2, -0.15) is 0 Å². The van der Waals surface area contributed by atoms with Gasteiger partial charge in [-0.05, 0) is 29.9 Å². The zero-order valence-electron chi connectivity index (χ0n) is 7.10. The Kier molecular flexibility index (Phi) is 4.29. The summed E-state index contributed by atoms with van der Waals surface area (Å²) in [7, 11) is 0. The number of hydrogen-bond acceptors (Lipinski definition) is 1. The maximum Gasteiger partial charge on any atom is 0.0477 e. The zero-order chi connectivity index (χ0) is 7.94. The highest BCUT2D eigenvalue weighted by Gasteiger charge is 1.92. The van der Waals surface area contributed by atoms with Crippen molar-refractivity contribution in [3.05, 3.63) is 22.4 Å². The molecule has 1 aromatic rings. The molecular weight excluding hydrogens is 152 g/mol. The van der Waals surface area contributed by atoms with Crippen LogP contribution in [0.5, 0.6) is 0 Å². The molecule has 0 N–H and O–H groups in total. The van der Waals surface area contributed by atoms with Crippen LogP contribution in [0.3, 0.4) is 0 Å². The lowest BCUT2D eigenvalue weighted by molar-refractivity contribution is 0.667. The van der Waals surface area contributed by atoms with Crippen molar-refractivity contribution >= 4 is 11.3 Å². The smallest absolute Gasteiger partial charge is 0.0477 e. The van der Waals surface area contributed by atoms with Gasteiger partial charge in [0.2, 0.25) is 0 Å². The molecule has 61 valence electrons. The first-order valence-electron chi connectivity index (χ1n) is 4.37. The van der Waals surface area contributed by atoms with Gasteiger partial charge in [0.1, 0.15) is 0 Å². The minimum Gasteiger partial charge on any atom is -0.143 e. The Labute approximate surface area is 73.3 Å². The lowest BCUT2D eigenvalue weighted by atomic mass is 10.1. The van der Waals surface area contributed by atoms with Crippen LogP contribution in [0.2, 0.25) is 0 Å². The van der Waals surface area contributed by atoms with Crippen LogP contribution in [0.4, 0.5) is 0 Å². The minimum absolute atomic E-state index is 1.23. The fourth-order valence-corrected chi connectivity index (χ4v) is 1.76. The van der Waals surface area contributed by atoms with Gasteiger partial charge in [-0.25, -0.2) is 0 Å². The fraction of sp³-hybridized carbons (Fsp3) is 0.600. The summed E-state index contributed by atoms with van der Waals surface area (Å²) in [6.45, 7) is 2.25. The van der Waals surface area contributed by atoms with Gasteiger partial charge in [0.15, 0.2) is 0 Å². The molecule has 11 heavy (non-hydrogen) atoms. The third-order valence-corrected chi connectivity index (χ3v) is 2.48. The average Bonchev–Trinajstić information content (AvgIpc) is 2.50. The molecule has 1 aromatic heterocycles. The summed E-state index contributed by atoms with van der Waals surface area (Å²) in [6, 6.07) is 2.18. The van der Waals surface area contributed by atoms with Crippen LogP contribution in [0.15, 0.2) is 11.4 Å². The van der Waals surface area contributed by atoms with Crippen LogP contribution in [0.1, 0.15) is 38.2 Å². The molecule has 0 aliphatic rings. The average molecular weight is 167 g/mol. The predicted molar refractivity (Wildman–Crippen MR) is 51.0 cm³/mol. The quantitative estimate of drug-likeness (QED) is 0.587. The van der Waals surface area contributed by atoms with E-state index in [9.17, 15) is 0 Å². The molecule has 1 heterocycles. The van der Waals surface area contributed by atoms with E-state index in [1.54, 1.807) is 11.3 Å². The Morgan fingerprint density at radius 1 is 1.36 bits per heavy atom. The van der Waals surface area contributed by atoms with Crippen molar-refractivity contribution in [3.8, 4) is 0 Å². The minimum atomic E-state index is 1.23. The third-order valence-electron chi connectivity index (χ3n) is 1.83. The van der Waals surface area contributed by atoms with Crippen molar-refractivity contribution in [2.24, 2.45) is 0 Å². The maximum absolute atomic E-state index is 3.26. The zero-order valence-corrected chi connectivity index (χ0v) is 7.91. The van der Waals surface area contributed by atoms with E-state index in [2.05, 4.69) is 23.8 Å². The Balaban J connectivity index is 2.04. The molecule has 0 fully saturated rings. The van der Waals surface area contributed by atoms with Gasteiger partial charge in [-0.3, -0.25) is 0 Å². The standard InChI is InChI=1S/C10H15S/c1-2-3-4-5-6-10-7-8-11-9-10/h7-8H,2-6H2,1H3. The molecule has 0 bridgehead atoms. The van der Waals surface area contributed by atoms with Crippen LogP contribution in [0.25, 0.3) is 0 Å². The lowest BCUT2D eigenvalue weighted by Crippen LogP contribution is -1.81. The first-order chi connectivity index (χ1) is 5.43. The number of unbranched alkanes of at least 4 members (excludes halogenated alkanes) is 3. The van der Waals surface area contributed by atoms with Crippen molar-refractivity contribution in [2.75, 3.05) is 0 Å². The van der Waals surface area contributed by atoms with Crippen LogP contribution >= 0.6 is 11.3 Å². The first-order valence-corrected chi connectivity index (χ1v) is 5.25. The largest absolute Gasteiger partial charge is 0.143 e. The third kappa shape index (κ3) is 3.57. The molecule has 0 spiro atoms. The highest BCUT2D eigenvalue weighted by Crippen LogP contribution is 2.09. The van der Waals surface area contributed by atoms with E-state index in [0.29, 0.717) is 0 Å². The SMILES string of the molecule is CCCCCCc1[c]scc1. The number of hydrogen-bond donors (Lipinski definition) is 0. The van der Waals surface area contributed by atoms with Crippen molar-refractivity contribution in [2.45, 2.75) is 39.0 Å². The highest BCUT2D eigenvalue weighted by atomic mass is 32.1. The van der Waals surface area contributed by atoms with E-state index in [4.69, 9.17) is 0 Å². The Morgan fingerprint density at radius 2 is 2.27 bits per heavy atom. The Bertz CT molecular complexity index is 165. The van der Waals surface area contributed by atoms with Gasteiger partial charge in [0.05, 0.1) is 0 Å². The Hall–Kier alpha value is -0.300. The van der Waals surface area contributed by atoms with E-state index in [1.165, 1.54) is 37.7 Å². The number of aryl methyl sites for hydroxylation is 1. The topological polar surface area (TPSA) is 0 Å². The van der Waals surface area contributed by atoms with Crippen LogP contribution in [0, 0.1) is 5.38 Å². The molecule has 1 heteroatoms. The normalized spacial score (nSPS) is 10.3. The van der Waals surface area contributed by atoms with E-state index in [-0.39, 0.29) is 0 Å². The van der Waals surface area contributed by atoms with Gasteiger partial charge in [-0.1, -0.05) is 26.2 Å². The number of rotatable bonds is 5. The predicted octanol–water partition coefficient (Wildman–Crippen LogP) is 3.67. The van der Waals surface area contributed by atoms with Crippen LogP contribution in [-0.4, -0.2) is 0 Å². The first kappa shape index (κ1) is 8.79. The van der Waals surface area contributed by atoms with Crippen molar-refractivity contribution in [1.82, 2.24) is 0 Å². The van der Waals surface area contributed by atoms with Gasteiger partial charge in [0, 0.05) is 5.38 Å². The molecular formula is C10H15S. The van der Waals surface area contributed by atoms with Gasteiger partial charge in [-0.15, -0.1) is 11.3 Å². The van der Waals surface area contributed by atoms with Crippen molar-refractivity contribution < 1.29 is 0 Å². The maximum atomic E-state index is 3.26. The van der Waals surface area contributed by atoms with Gasteiger partial charge in [0.25, 0.3) is 0 Å². The lowest BCUT2D eigenvalue weighted by Gasteiger charge is -1.95. The summed E-state index contributed by atoms with van der Waals surface area (Å²) in [5.74, 6) is 0. The summed E-state index contributed by atoms with van der Waals surface area (Å²) in [6.07, 6.45) is 6.64. The van der Waals surface area contributed by atoms with Crippen LogP contribution < -0.4 is 0 Å². The molecule has 0 aliphatic carbocycles.